The van der Waals surface area contributed by atoms with Gasteiger partial charge in [-0.25, -0.2) is 9.97 Å². The molecule has 0 unspecified atom stereocenters. The third kappa shape index (κ3) is 15.4. The minimum atomic E-state index is -0.433. The van der Waals surface area contributed by atoms with E-state index in [1.165, 1.54) is 50.9 Å². The van der Waals surface area contributed by atoms with Crippen LogP contribution in [0, 0.1) is 22.7 Å². The molecule has 0 radical (unpaired) electrons. The van der Waals surface area contributed by atoms with Crippen molar-refractivity contribution >= 4 is 70.2 Å². The number of benzene rings is 2. The second kappa shape index (κ2) is 21.9. The van der Waals surface area contributed by atoms with Crippen LogP contribution >= 0.6 is 34.8 Å². The number of alkyl halides is 1. The number of nitrogens with one attached hydrogen (secondary N) is 2. The summed E-state index contributed by atoms with van der Waals surface area (Å²) in [5, 5.41) is 33.0. The summed E-state index contributed by atoms with van der Waals surface area (Å²) >= 11 is 16.6. The van der Waals surface area contributed by atoms with Gasteiger partial charge in [0.05, 0.1) is 48.2 Å². The molecule has 0 fully saturated rings. The zero-order valence-corrected chi connectivity index (χ0v) is 29.3. The van der Waals surface area contributed by atoms with E-state index >= 15 is 0 Å². The van der Waals surface area contributed by atoms with Crippen LogP contribution < -0.4 is 15.4 Å². The summed E-state index contributed by atoms with van der Waals surface area (Å²) in [6.07, 6.45) is 3.01. The minimum Gasteiger partial charge on any atom is -0.507 e. The number of rotatable bonds is 10. The number of nitriles is 2. The number of carbonyl (C=O) groups is 4. The maximum atomic E-state index is 11.9. The second-order valence-electron chi connectivity index (χ2n) is 9.65. The number of esters is 2. The number of ether oxygens (including phenoxy) is 3. The molecular weight excluding hydrogens is 727 g/mol. The van der Waals surface area contributed by atoms with Crippen molar-refractivity contribution in [2.45, 2.75) is 12.8 Å². The number of methoxy groups -OCH3 is 2. The number of phenols is 1. The fourth-order valence-electron chi connectivity index (χ4n) is 3.56. The number of phenolic OH excluding ortho intramolecular Hbond substituents is 1. The number of amides is 2. The minimum absolute atomic E-state index is 0.0498. The number of aromatic nitrogens is 2. The highest BCUT2D eigenvalue weighted by Gasteiger charge is 2.11. The van der Waals surface area contributed by atoms with Crippen molar-refractivity contribution in [3.8, 4) is 23.6 Å². The van der Waals surface area contributed by atoms with Crippen LogP contribution in [-0.2, 0) is 41.5 Å². The first kappa shape index (κ1) is 41.2. The lowest BCUT2D eigenvalue weighted by atomic mass is 10.1. The quantitative estimate of drug-likeness (QED) is 0.140. The predicted molar refractivity (Wildman–Crippen MR) is 187 cm³/mol. The van der Waals surface area contributed by atoms with Crippen LogP contribution in [0.1, 0.15) is 22.3 Å². The molecule has 2 amide bonds. The molecule has 0 spiro atoms. The Balaban J connectivity index is 0.000000292. The number of carbonyl (C=O) groups excluding carboxylic acids is 4. The SMILES string of the molecule is COC(=O)Cc1ccc(O)c(C#N)c1.COC(=O)Cc1ccc(OCC(=O)Nc2ccc(Cl)cn2)c(C#N)c1.O=C(CCl)Nc1ccc(Cl)cn1. The predicted octanol–water partition coefficient (Wildman–Crippen LogP) is 5.23. The van der Waals surface area contributed by atoms with Crippen LogP contribution in [0.2, 0.25) is 10.0 Å². The van der Waals surface area contributed by atoms with Crippen molar-refractivity contribution in [3.63, 3.8) is 0 Å². The number of halogens is 3. The van der Waals surface area contributed by atoms with Gasteiger partial charge in [-0.2, -0.15) is 10.5 Å². The lowest BCUT2D eigenvalue weighted by molar-refractivity contribution is -0.140. The molecule has 264 valence electrons. The number of anilines is 2. The van der Waals surface area contributed by atoms with Gasteiger partial charge in [-0.15, -0.1) is 11.6 Å². The Morgan fingerprint density at radius 3 is 1.69 bits per heavy atom. The molecule has 17 heteroatoms. The van der Waals surface area contributed by atoms with Gasteiger partial charge in [-0.1, -0.05) is 35.3 Å². The lowest BCUT2D eigenvalue weighted by Gasteiger charge is -2.09. The van der Waals surface area contributed by atoms with Crippen LogP contribution in [0.3, 0.4) is 0 Å². The molecular formula is C34H29Cl3N6O8. The average molecular weight is 756 g/mol. The molecule has 0 atom stereocenters. The van der Waals surface area contributed by atoms with Gasteiger partial charge in [0.15, 0.2) is 6.61 Å². The van der Waals surface area contributed by atoms with Crippen molar-refractivity contribution in [2.75, 3.05) is 37.3 Å². The number of hydrogen-bond donors (Lipinski definition) is 3. The van der Waals surface area contributed by atoms with E-state index in [1.807, 2.05) is 12.1 Å². The Kier molecular flexibility index (Phi) is 17.7. The summed E-state index contributed by atoms with van der Waals surface area (Å²) in [6.45, 7) is -0.296. The van der Waals surface area contributed by atoms with E-state index in [-0.39, 0.29) is 59.8 Å². The molecule has 2 heterocycles. The first-order valence-corrected chi connectivity index (χ1v) is 15.6. The molecule has 0 bridgehead atoms. The molecule has 0 saturated heterocycles. The Labute approximate surface area is 307 Å². The van der Waals surface area contributed by atoms with Gasteiger partial charge in [0.25, 0.3) is 5.91 Å². The van der Waals surface area contributed by atoms with Gasteiger partial charge in [-0.3, -0.25) is 19.2 Å². The summed E-state index contributed by atoms with van der Waals surface area (Å²) in [6, 6.07) is 19.3. The summed E-state index contributed by atoms with van der Waals surface area (Å²) < 4.78 is 14.4. The van der Waals surface area contributed by atoms with Gasteiger partial charge in [0.1, 0.15) is 41.2 Å². The van der Waals surface area contributed by atoms with E-state index in [0.717, 1.165) is 0 Å². The van der Waals surface area contributed by atoms with Gasteiger partial charge < -0.3 is 30.0 Å². The summed E-state index contributed by atoms with van der Waals surface area (Å²) in [4.78, 5) is 52.6. The topological polar surface area (TPSA) is 214 Å². The molecule has 4 rings (SSSR count). The van der Waals surface area contributed by atoms with Crippen LogP contribution in [0.25, 0.3) is 0 Å². The van der Waals surface area contributed by atoms with Gasteiger partial charge in [0.2, 0.25) is 5.91 Å². The van der Waals surface area contributed by atoms with Crippen molar-refractivity contribution in [1.29, 1.82) is 10.5 Å². The van der Waals surface area contributed by atoms with Crippen molar-refractivity contribution in [1.82, 2.24) is 9.97 Å². The smallest absolute Gasteiger partial charge is 0.309 e. The zero-order chi connectivity index (χ0) is 37.8. The highest BCUT2D eigenvalue weighted by molar-refractivity contribution is 6.31. The Bertz CT molecular complexity index is 1900. The summed E-state index contributed by atoms with van der Waals surface area (Å²) in [5.41, 5.74) is 1.64. The number of pyridine rings is 2. The number of hydrogen-bond acceptors (Lipinski definition) is 12. The summed E-state index contributed by atoms with van der Waals surface area (Å²) in [5.74, 6) is -0.631. The fourth-order valence-corrected chi connectivity index (χ4v) is 3.85. The maximum absolute atomic E-state index is 11.9. The van der Waals surface area contributed by atoms with Crippen LogP contribution in [-0.4, -0.2) is 65.5 Å². The summed E-state index contributed by atoms with van der Waals surface area (Å²) in [7, 11) is 2.59. The Morgan fingerprint density at radius 1 is 0.745 bits per heavy atom. The third-order valence-corrected chi connectivity index (χ3v) is 6.66. The highest BCUT2D eigenvalue weighted by Crippen LogP contribution is 2.20. The standard InChI is InChI=1S/C17H14ClN3O4.C10H9NO3.C7H6Cl2N2O/c1-24-17(23)7-11-2-4-14(12(6-11)8-19)25-10-16(22)21-15-5-3-13(18)9-20-15;1-14-10(13)5-7-2-3-9(12)8(4-7)6-11;8-3-7(12)11-6-2-1-5(9)4-10-6/h2-6,9H,7,10H2,1H3,(H,20,21,22);2-4,12H,5H2,1H3;1-2,4H,3H2,(H,10,11,12). The average Bonchev–Trinajstić information content (AvgIpc) is 3.14. The van der Waals surface area contributed by atoms with Gasteiger partial charge in [-0.05, 0) is 59.7 Å². The van der Waals surface area contributed by atoms with Crippen molar-refractivity contribution < 1.29 is 38.5 Å². The Hall–Kier alpha value is -5.93. The first-order chi connectivity index (χ1) is 24.4. The normalized spacial score (nSPS) is 9.55. The van der Waals surface area contributed by atoms with E-state index < -0.39 is 11.9 Å². The van der Waals surface area contributed by atoms with E-state index in [0.29, 0.717) is 32.8 Å². The Morgan fingerprint density at radius 2 is 1.24 bits per heavy atom. The van der Waals surface area contributed by atoms with Crippen molar-refractivity contribution in [3.05, 3.63) is 105 Å². The van der Waals surface area contributed by atoms with Gasteiger partial charge >= 0.3 is 11.9 Å². The molecule has 2 aromatic heterocycles. The monoisotopic (exact) mass is 754 g/mol. The van der Waals surface area contributed by atoms with Crippen LogP contribution in [0.4, 0.5) is 11.6 Å². The zero-order valence-electron chi connectivity index (χ0n) is 27.0. The highest BCUT2D eigenvalue weighted by atomic mass is 35.5. The molecule has 0 aliphatic carbocycles. The molecule has 0 saturated carbocycles. The fraction of sp³-hybridized carbons (Fsp3) is 0.176. The molecule has 4 aromatic rings. The second-order valence-corrected chi connectivity index (χ2v) is 10.8. The lowest BCUT2D eigenvalue weighted by Crippen LogP contribution is -2.21. The molecule has 2 aromatic carbocycles. The number of nitrogens with zero attached hydrogens (tertiary/aromatic N) is 4. The molecule has 14 nitrogen and oxygen atoms in total. The van der Waals surface area contributed by atoms with Crippen LogP contribution in [0.15, 0.2) is 73.1 Å². The first-order valence-electron chi connectivity index (χ1n) is 14.3. The van der Waals surface area contributed by atoms with Crippen LogP contribution in [0.5, 0.6) is 11.5 Å². The largest absolute Gasteiger partial charge is 0.507 e. The van der Waals surface area contributed by atoms with E-state index in [4.69, 9.17) is 44.8 Å². The van der Waals surface area contributed by atoms with E-state index in [9.17, 15) is 29.5 Å². The maximum Gasteiger partial charge on any atom is 0.309 e. The van der Waals surface area contributed by atoms with Crippen molar-refractivity contribution in [2.24, 2.45) is 0 Å². The molecule has 3 N–H and O–H groups in total. The molecule has 51 heavy (non-hydrogen) atoms. The molecule has 0 aliphatic rings. The van der Waals surface area contributed by atoms with E-state index in [1.54, 1.807) is 36.4 Å². The van der Waals surface area contributed by atoms with Gasteiger partial charge in [0, 0.05) is 12.4 Å². The van der Waals surface area contributed by atoms with E-state index in [2.05, 4.69) is 30.1 Å². The third-order valence-electron chi connectivity index (χ3n) is 5.97. The molecule has 0 aliphatic heterocycles. The number of aromatic hydroxyl groups is 1.